The summed E-state index contributed by atoms with van der Waals surface area (Å²) >= 11 is 12.2. The van der Waals surface area contributed by atoms with Crippen LogP contribution in [0.15, 0.2) is 96.0 Å². The Morgan fingerprint density at radius 1 is 0.909 bits per heavy atom. The van der Waals surface area contributed by atoms with E-state index in [1.54, 1.807) is 60.8 Å². The lowest BCUT2D eigenvalue weighted by Gasteiger charge is -2.07. The minimum absolute atomic E-state index is 0.145. The molecule has 0 saturated carbocycles. The minimum atomic E-state index is -0.242. The summed E-state index contributed by atoms with van der Waals surface area (Å²) in [5.41, 5.74) is 4.45. The fourth-order valence-electron chi connectivity index (χ4n) is 3.29. The van der Waals surface area contributed by atoms with Crippen LogP contribution in [0.4, 0.5) is 11.4 Å². The molecule has 0 atom stereocenters. The van der Waals surface area contributed by atoms with Crippen molar-refractivity contribution in [3.63, 3.8) is 0 Å². The van der Waals surface area contributed by atoms with Gasteiger partial charge in [-0.25, -0.2) is 0 Å². The maximum absolute atomic E-state index is 12.3. The zero-order chi connectivity index (χ0) is 23.2. The van der Waals surface area contributed by atoms with E-state index >= 15 is 0 Å². The number of rotatable bonds is 6. The number of carbonyl (C=O) groups is 1. The van der Waals surface area contributed by atoms with Crippen molar-refractivity contribution in [1.82, 2.24) is 0 Å². The number of aliphatic imine (C=N–C) groups is 1. The zero-order valence-corrected chi connectivity index (χ0v) is 19.0. The Balaban J connectivity index is 1.44. The molecule has 2 N–H and O–H groups in total. The van der Waals surface area contributed by atoms with Gasteiger partial charge in [-0.3, -0.25) is 9.79 Å². The van der Waals surface area contributed by atoms with Crippen molar-refractivity contribution in [2.75, 3.05) is 5.32 Å². The second-order valence-electron chi connectivity index (χ2n) is 7.43. The van der Waals surface area contributed by atoms with E-state index < -0.39 is 0 Å². The molecular formula is C27H20Cl2N2O2. The molecule has 0 bridgehead atoms. The number of nitrogens with one attached hydrogen (secondary N) is 1. The van der Waals surface area contributed by atoms with Gasteiger partial charge in [0.2, 0.25) is 0 Å². The average molecular weight is 475 g/mol. The van der Waals surface area contributed by atoms with Crippen LogP contribution >= 0.6 is 23.2 Å². The Morgan fingerprint density at radius 2 is 1.70 bits per heavy atom. The van der Waals surface area contributed by atoms with E-state index in [-0.39, 0.29) is 11.7 Å². The summed E-state index contributed by atoms with van der Waals surface area (Å²) in [4.78, 5) is 16.8. The Hall–Kier alpha value is -3.60. The normalized spacial score (nSPS) is 11.0. The number of amides is 1. The Kier molecular flexibility index (Phi) is 7.08. The van der Waals surface area contributed by atoms with Gasteiger partial charge in [-0.1, -0.05) is 53.5 Å². The third-order valence-corrected chi connectivity index (χ3v) is 5.61. The number of hydrogen-bond donors (Lipinski definition) is 2. The highest BCUT2D eigenvalue weighted by molar-refractivity contribution is 6.31. The van der Waals surface area contributed by atoms with Gasteiger partial charge in [-0.15, -0.1) is 0 Å². The highest BCUT2D eigenvalue weighted by atomic mass is 35.5. The van der Waals surface area contributed by atoms with Crippen molar-refractivity contribution in [1.29, 1.82) is 0 Å². The average Bonchev–Trinajstić information content (AvgIpc) is 2.82. The van der Waals surface area contributed by atoms with E-state index in [9.17, 15) is 9.90 Å². The largest absolute Gasteiger partial charge is 0.507 e. The number of phenols is 1. The molecule has 6 heteroatoms. The molecule has 4 nitrogen and oxygen atoms in total. The lowest BCUT2D eigenvalue weighted by atomic mass is 10.0. The smallest absolute Gasteiger partial charge is 0.255 e. The van der Waals surface area contributed by atoms with Gasteiger partial charge in [0.15, 0.2) is 0 Å². The number of nitrogens with zero attached hydrogens (tertiary/aromatic N) is 1. The zero-order valence-electron chi connectivity index (χ0n) is 17.5. The number of halogens is 2. The standard InChI is InChI=1S/C27H20Cl2N2O2/c28-22-6-3-5-20(16-22)27(33)31-24-11-9-23(10-12-24)30-17-21-15-18(8-13-26(21)32)14-19-4-1-2-7-25(19)29/h1-13,15-17,32H,14H2,(H,31,33). The number of anilines is 1. The van der Waals surface area contributed by atoms with E-state index in [2.05, 4.69) is 10.3 Å². The molecule has 4 aromatic rings. The molecule has 0 spiro atoms. The molecule has 1 amide bonds. The first-order valence-corrected chi connectivity index (χ1v) is 11.0. The van der Waals surface area contributed by atoms with Gasteiger partial charge in [-0.2, -0.15) is 0 Å². The molecule has 0 aliphatic heterocycles. The Bertz CT molecular complexity index is 1320. The first-order valence-electron chi connectivity index (χ1n) is 10.2. The van der Waals surface area contributed by atoms with E-state index in [1.807, 2.05) is 36.4 Å². The van der Waals surface area contributed by atoms with Crippen LogP contribution in [-0.4, -0.2) is 17.2 Å². The van der Waals surface area contributed by atoms with E-state index in [4.69, 9.17) is 23.2 Å². The van der Waals surface area contributed by atoms with Crippen LogP contribution in [0.1, 0.15) is 27.0 Å². The molecule has 0 radical (unpaired) electrons. The second kappa shape index (κ2) is 10.3. The lowest BCUT2D eigenvalue weighted by molar-refractivity contribution is 0.102. The maximum Gasteiger partial charge on any atom is 0.255 e. The monoisotopic (exact) mass is 474 g/mol. The van der Waals surface area contributed by atoms with Crippen LogP contribution in [0, 0.1) is 0 Å². The molecule has 0 fully saturated rings. The molecule has 0 aliphatic rings. The maximum atomic E-state index is 12.3. The predicted octanol–water partition coefficient (Wildman–Crippen LogP) is 7.29. The van der Waals surface area contributed by atoms with E-state index in [1.165, 1.54) is 0 Å². The summed E-state index contributed by atoms with van der Waals surface area (Å²) in [6.45, 7) is 0. The highest BCUT2D eigenvalue weighted by Gasteiger charge is 2.07. The van der Waals surface area contributed by atoms with E-state index in [0.29, 0.717) is 39.0 Å². The molecular weight excluding hydrogens is 455 g/mol. The van der Waals surface area contributed by atoms with Gasteiger partial charge in [0.1, 0.15) is 5.75 Å². The van der Waals surface area contributed by atoms with Crippen molar-refractivity contribution in [2.45, 2.75) is 6.42 Å². The first kappa shape index (κ1) is 22.6. The van der Waals surface area contributed by atoms with Gasteiger partial charge < -0.3 is 10.4 Å². The quantitative estimate of drug-likeness (QED) is 0.288. The topological polar surface area (TPSA) is 61.7 Å². The molecule has 0 aliphatic carbocycles. The van der Waals surface area contributed by atoms with Crippen molar-refractivity contribution >= 4 is 46.7 Å². The molecule has 0 heterocycles. The summed E-state index contributed by atoms with van der Waals surface area (Å²) in [7, 11) is 0. The number of hydrogen-bond acceptors (Lipinski definition) is 3. The third kappa shape index (κ3) is 6.01. The summed E-state index contributed by atoms with van der Waals surface area (Å²) < 4.78 is 0. The lowest BCUT2D eigenvalue weighted by Crippen LogP contribution is -2.11. The van der Waals surface area contributed by atoms with Crippen molar-refractivity contribution in [3.05, 3.63) is 123 Å². The van der Waals surface area contributed by atoms with Gasteiger partial charge in [0.25, 0.3) is 5.91 Å². The summed E-state index contributed by atoms with van der Waals surface area (Å²) in [5.74, 6) is -0.0962. The molecule has 164 valence electrons. The van der Waals surface area contributed by atoms with Crippen LogP contribution < -0.4 is 5.32 Å². The van der Waals surface area contributed by atoms with Crippen molar-refractivity contribution in [3.8, 4) is 5.75 Å². The molecule has 33 heavy (non-hydrogen) atoms. The molecule has 0 saturated heterocycles. The van der Waals surface area contributed by atoms with Crippen molar-refractivity contribution in [2.24, 2.45) is 4.99 Å². The number of benzene rings is 4. The van der Waals surface area contributed by atoms with Crippen LogP contribution in [0.3, 0.4) is 0 Å². The Labute approximate surface area is 202 Å². The SMILES string of the molecule is O=C(Nc1ccc(N=Cc2cc(Cc3ccccc3Cl)ccc2O)cc1)c1cccc(Cl)c1. The van der Waals surface area contributed by atoms with Gasteiger partial charge in [0, 0.05) is 33.1 Å². The van der Waals surface area contributed by atoms with Gasteiger partial charge >= 0.3 is 0 Å². The van der Waals surface area contributed by atoms with E-state index in [0.717, 1.165) is 11.1 Å². The van der Waals surface area contributed by atoms with Crippen molar-refractivity contribution < 1.29 is 9.90 Å². The summed E-state index contributed by atoms with van der Waals surface area (Å²) in [6, 6.07) is 27.0. The fourth-order valence-corrected chi connectivity index (χ4v) is 3.68. The number of phenolic OH excluding ortho intramolecular Hbond substituents is 1. The number of carbonyl (C=O) groups excluding carboxylic acids is 1. The third-order valence-electron chi connectivity index (χ3n) is 5.01. The fraction of sp³-hybridized carbons (Fsp3) is 0.0370. The highest BCUT2D eigenvalue weighted by Crippen LogP contribution is 2.24. The second-order valence-corrected chi connectivity index (χ2v) is 8.27. The van der Waals surface area contributed by atoms with Crippen LogP contribution in [0.2, 0.25) is 10.0 Å². The minimum Gasteiger partial charge on any atom is -0.507 e. The van der Waals surface area contributed by atoms with Crippen LogP contribution in [-0.2, 0) is 6.42 Å². The molecule has 0 unspecified atom stereocenters. The Morgan fingerprint density at radius 3 is 2.45 bits per heavy atom. The summed E-state index contributed by atoms with van der Waals surface area (Å²) in [5, 5.41) is 14.3. The number of aromatic hydroxyl groups is 1. The van der Waals surface area contributed by atoms with Crippen LogP contribution in [0.25, 0.3) is 0 Å². The predicted molar refractivity (Wildman–Crippen MR) is 135 cm³/mol. The molecule has 4 rings (SSSR count). The first-order chi connectivity index (χ1) is 16.0. The molecule has 0 aromatic heterocycles. The summed E-state index contributed by atoms with van der Waals surface area (Å²) in [6.07, 6.45) is 2.27. The van der Waals surface area contributed by atoms with Crippen LogP contribution in [0.5, 0.6) is 5.75 Å². The van der Waals surface area contributed by atoms with Gasteiger partial charge in [0.05, 0.1) is 5.69 Å². The van der Waals surface area contributed by atoms with Gasteiger partial charge in [-0.05, 0) is 78.2 Å². The molecule has 4 aromatic carbocycles.